The van der Waals surface area contributed by atoms with Gasteiger partial charge in [0.15, 0.2) is 5.75 Å². The summed E-state index contributed by atoms with van der Waals surface area (Å²) in [6, 6.07) is 15.2. The number of anilines is 1. The Morgan fingerprint density at radius 1 is 1.18 bits per heavy atom. The summed E-state index contributed by atoms with van der Waals surface area (Å²) in [5.74, 6) is -0.200. The molecule has 2 heterocycles. The predicted molar refractivity (Wildman–Crippen MR) is 146 cm³/mol. The van der Waals surface area contributed by atoms with Crippen molar-refractivity contribution in [3.8, 4) is 22.8 Å². The second-order valence-corrected chi connectivity index (χ2v) is 9.65. The van der Waals surface area contributed by atoms with Gasteiger partial charge in [0.2, 0.25) is 0 Å². The van der Waals surface area contributed by atoms with Crippen LogP contribution in [0.4, 0.5) is 10.1 Å². The number of methoxy groups -OCH3 is 1. The number of aromatic amines is 1. The zero-order chi connectivity index (χ0) is 27.5. The Hall–Kier alpha value is -4.44. The first-order valence-corrected chi connectivity index (χ1v) is 12.7. The molecule has 0 aliphatic carbocycles. The van der Waals surface area contributed by atoms with Crippen molar-refractivity contribution < 1.29 is 23.5 Å². The Morgan fingerprint density at radius 3 is 2.82 bits per heavy atom. The van der Waals surface area contributed by atoms with Gasteiger partial charge in [-0.1, -0.05) is 12.1 Å². The van der Waals surface area contributed by atoms with Crippen LogP contribution in [-0.4, -0.2) is 53.2 Å². The van der Waals surface area contributed by atoms with Crippen molar-refractivity contribution >= 4 is 28.5 Å². The zero-order valence-electron chi connectivity index (χ0n) is 21.8. The molecule has 0 saturated carbocycles. The topological polar surface area (TPSA) is 123 Å². The number of nitrogens with two attached hydrogens (primary N) is 1. The van der Waals surface area contributed by atoms with E-state index < -0.39 is 5.97 Å². The first-order valence-electron chi connectivity index (χ1n) is 12.7. The van der Waals surface area contributed by atoms with Crippen LogP contribution in [0.15, 0.2) is 54.6 Å². The van der Waals surface area contributed by atoms with Crippen LogP contribution in [0.2, 0.25) is 0 Å². The number of H-pyrrole nitrogens is 1. The Bertz CT molecular complexity index is 1540. The third kappa shape index (κ3) is 5.70. The van der Waals surface area contributed by atoms with E-state index >= 15 is 0 Å². The van der Waals surface area contributed by atoms with Gasteiger partial charge >= 0.3 is 5.97 Å². The monoisotopic (exact) mass is 531 g/mol. The lowest BCUT2D eigenvalue weighted by Crippen LogP contribution is -2.47. The van der Waals surface area contributed by atoms with Gasteiger partial charge in [-0.15, -0.1) is 0 Å². The average Bonchev–Trinajstić information content (AvgIpc) is 3.34. The van der Waals surface area contributed by atoms with Crippen LogP contribution in [0, 0.1) is 5.82 Å². The van der Waals surface area contributed by atoms with E-state index in [4.69, 9.17) is 15.2 Å². The summed E-state index contributed by atoms with van der Waals surface area (Å²) in [5.41, 5.74) is 9.35. The van der Waals surface area contributed by atoms with Gasteiger partial charge in [0.25, 0.3) is 5.91 Å². The third-order valence-corrected chi connectivity index (χ3v) is 6.88. The van der Waals surface area contributed by atoms with Crippen LogP contribution in [0.5, 0.6) is 11.5 Å². The second kappa shape index (κ2) is 11.1. The Balaban J connectivity index is 1.32. The molecular weight excluding hydrogens is 501 g/mol. The number of hydrogen-bond donors (Lipinski definition) is 3. The number of hydrogen-bond acceptors (Lipinski definition) is 7. The van der Waals surface area contributed by atoms with Gasteiger partial charge in [-0.05, 0) is 61.9 Å². The number of piperidine rings is 1. The van der Waals surface area contributed by atoms with E-state index in [-0.39, 0.29) is 23.5 Å². The number of ether oxygens (including phenoxy) is 2. The molecule has 39 heavy (non-hydrogen) atoms. The van der Waals surface area contributed by atoms with E-state index in [1.165, 1.54) is 20.1 Å². The van der Waals surface area contributed by atoms with Crippen molar-refractivity contribution in [2.45, 2.75) is 32.4 Å². The minimum atomic E-state index is -0.473. The van der Waals surface area contributed by atoms with E-state index in [0.29, 0.717) is 46.9 Å². The maximum atomic E-state index is 14.5. The van der Waals surface area contributed by atoms with E-state index in [1.807, 2.05) is 6.07 Å². The van der Waals surface area contributed by atoms with E-state index in [2.05, 4.69) is 20.4 Å². The number of aromatic nitrogens is 2. The largest absolute Gasteiger partial charge is 0.496 e. The number of rotatable bonds is 7. The highest BCUT2D eigenvalue weighted by Crippen LogP contribution is 2.32. The summed E-state index contributed by atoms with van der Waals surface area (Å²) in [6.45, 7) is 3.13. The predicted octanol–water partition coefficient (Wildman–Crippen LogP) is 4.28. The van der Waals surface area contributed by atoms with Gasteiger partial charge in [0, 0.05) is 48.1 Å². The number of amides is 1. The molecule has 0 unspecified atom stereocenters. The molecule has 0 radical (unpaired) electrons. The standard InChI is InChI=1S/C29H30FN5O4/c1-17(36)39-27-14-18(8-10-24(27)31)28-21-13-19(9-11-25(21)33-34-28)29(37)32-20-5-4-12-35(15-20)16-22-23(30)6-3-7-26(22)38-2/h3,6-11,13-14,20H,4-5,12,15-16,31H2,1-2H3,(H,32,37)(H,33,34)/t20-/m1/s1. The van der Waals surface area contributed by atoms with E-state index in [0.717, 1.165) is 30.3 Å². The minimum Gasteiger partial charge on any atom is -0.496 e. The molecule has 202 valence electrons. The highest BCUT2D eigenvalue weighted by Gasteiger charge is 2.24. The SMILES string of the molecule is COc1cccc(F)c1CN1CCC[C@@H](NC(=O)c2ccc3[nH]nc(-c4ccc(N)c(OC(C)=O)c4)c3c2)C1. The molecule has 4 N–H and O–H groups in total. The van der Waals surface area contributed by atoms with Gasteiger partial charge in [-0.3, -0.25) is 19.6 Å². The fourth-order valence-corrected chi connectivity index (χ4v) is 4.99. The number of likely N-dealkylation sites (tertiary alicyclic amines) is 1. The molecule has 1 aliphatic heterocycles. The van der Waals surface area contributed by atoms with Crippen molar-refractivity contribution in [1.82, 2.24) is 20.4 Å². The molecule has 3 aromatic carbocycles. The lowest BCUT2D eigenvalue weighted by molar-refractivity contribution is -0.131. The van der Waals surface area contributed by atoms with Crippen LogP contribution in [0.3, 0.4) is 0 Å². The summed E-state index contributed by atoms with van der Waals surface area (Å²) in [6.07, 6.45) is 1.72. The van der Waals surface area contributed by atoms with E-state index in [9.17, 15) is 14.0 Å². The zero-order valence-corrected chi connectivity index (χ0v) is 21.8. The number of benzene rings is 3. The summed E-state index contributed by atoms with van der Waals surface area (Å²) in [4.78, 5) is 26.8. The van der Waals surface area contributed by atoms with E-state index in [1.54, 1.807) is 42.5 Å². The Kier molecular flexibility index (Phi) is 7.47. The molecule has 1 fully saturated rings. The molecule has 5 rings (SSSR count). The van der Waals surface area contributed by atoms with Gasteiger partial charge in [0.1, 0.15) is 17.3 Å². The Labute approximate surface area is 225 Å². The molecule has 0 bridgehead atoms. The lowest BCUT2D eigenvalue weighted by Gasteiger charge is -2.33. The first-order chi connectivity index (χ1) is 18.8. The van der Waals surface area contributed by atoms with Crippen molar-refractivity contribution in [3.63, 3.8) is 0 Å². The molecule has 9 nitrogen and oxygen atoms in total. The number of carbonyl (C=O) groups is 2. The molecule has 0 spiro atoms. The number of esters is 1. The Morgan fingerprint density at radius 2 is 2.03 bits per heavy atom. The second-order valence-electron chi connectivity index (χ2n) is 9.65. The molecule has 10 heteroatoms. The minimum absolute atomic E-state index is 0.0769. The molecule has 4 aromatic rings. The normalized spacial score (nSPS) is 15.7. The maximum Gasteiger partial charge on any atom is 0.308 e. The summed E-state index contributed by atoms with van der Waals surface area (Å²) < 4.78 is 25.0. The molecule has 1 saturated heterocycles. The van der Waals surface area contributed by atoms with Crippen molar-refractivity contribution in [2.75, 3.05) is 25.9 Å². The fraction of sp³-hybridized carbons (Fsp3) is 0.276. The number of fused-ring (bicyclic) bond motifs is 1. The van der Waals surface area contributed by atoms with Crippen LogP contribution in [-0.2, 0) is 11.3 Å². The molecular formula is C29H30FN5O4. The van der Waals surface area contributed by atoms with Crippen LogP contribution in [0.25, 0.3) is 22.2 Å². The summed E-state index contributed by atoms with van der Waals surface area (Å²) in [5, 5.41) is 11.3. The van der Waals surface area contributed by atoms with Crippen LogP contribution >= 0.6 is 0 Å². The molecule has 1 atom stereocenters. The lowest BCUT2D eigenvalue weighted by atomic mass is 10.0. The van der Waals surface area contributed by atoms with Gasteiger partial charge < -0.3 is 20.5 Å². The maximum absolute atomic E-state index is 14.5. The van der Waals surface area contributed by atoms with Crippen molar-refractivity contribution in [3.05, 3.63) is 71.5 Å². The van der Waals surface area contributed by atoms with Gasteiger partial charge in [-0.25, -0.2) is 4.39 Å². The highest BCUT2D eigenvalue weighted by atomic mass is 19.1. The number of carbonyl (C=O) groups excluding carboxylic acids is 2. The number of nitrogen functional groups attached to an aromatic ring is 1. The fourth-order valence-electron chi connectivity index (χ4n) is 4.99. The highest BCUT2D eigenvalue weighted by molar-refractivity contribution is 6.01. The first kappa shape index (κ1) is 26.2. The summed E-state index contributed by atoms with van der Waals surface area (Å²) >= 11 is 0. The smallest absolute Gasteiger partial charge is 0.308 e. The molecule has 1 aromatic heterocycles. The molecule has 1 aliphatic rings. The van der Waals surface area contributed by atoms with Crippen molar-refractivity contribution in [2.24, 2.45) is 0 Å². The summed E-state index contributed by atoms with van der Waals surface area (Å²) in [7, 11) is 1.53. The van der Waals surface area contributed by atoms with Crippen LogP contribution in [0.1, 0.15) is 35.7 Å². The quantitative estimate of drug-likeness (QED) is 0.185. The van der Waals surface area contributed by atoms with Crippen LogP contribution < -0.4 is 20.5 Å². The average molecular weight is 532 g/mol. The van der Waals surface area contributed by atoms with Gasteiger partial charge in [-0.2, -0.15) is 5.10 Å². The van der Waals surface area contributed by atoms with Crippen molar-refractivity contribution in [1.29, 1.82) is 0 Å². The number of nitrogens with zero attached hydrogens (tertiary/aromatic N) is 2. The number of nitrogens with one attached hydrogen (secondary N) is 2. The third-order valence-electron chi connectivity index (χ3n) is 6.88. The molecule has 1 amide bonds. The van der Waals surface area contributed by atoms with Gasteiger partial charge in [0.05, 0.1) is 18.3 Å². The number of halogens is 1.